The lowest BCUT2D eigenvalue weighted by molar-refractivity contribution is -0.118. The Morgan fingerprint density at radius 2 is 1.93 bits per heavy atom. The van der Waals surface area contributed by atoms with E-state index in [1.807, 2.05) is 26.0 Å². The number of fused-ring (bicyclic) bond motifs is 1. The highest BCUT2D eigenvalue weighted by Gasteiger charge is 2.31. The summed E-state index contributed by atoms with van der Waals surface area (Å²) in [6.45, 7) is 4.11. The van der Waals surface area contributed by atoms with Gasteiger partial charge in [-0.1, -0.05) is 30.7 Å². The largest absolute Gasteiger partial charge is 0.309 e. The van der Waals surface area contributed by atoms with Crippen LogP contribution < -0.4 is 9.62 Å². The molecule has 3 rings (SSSR count). The van der Waals surface area contributed by atoms with E-state index in [0.717, 1.165) is 16.8 Å². The molecule has 0 spiro atoms. The second-order valence-electron chi connectivity index (χ2n) is 6.74. The molecule has 1 amide bonds. The molecule has 1 atom stereocenters. The molecule has 2 aromatic carbocycles. The molecule has 2 aromatic rings. The van der Waals surface area contributed by atoms with Crippen molar-refractivity contribution in [2.45, 2.75) is 44.0 Å². The minimum absolute atomic E-state index is 0.0447. The van der Waals surface area contributed by atoms with Crippen molar-refractivity contribution in [3.05, 3.63) is 58.6 Å². The summed E-state index contributed by atoms with van der Waals surface area (Å²) in [6.07, 6.45) is 1.67. The quantitative estimate of drug-likeness (QED) is 0.797. The Hall–Kier alpha value is -1.89. The van der Waals surface area contributed by atoms with E-state index in [-0.39, 0.29) is 16.8 Å². The Labute approximate surface area is 165 Å². The predicted octanol–water partition coefficient (Wildman–Crippen LogP) is 3.55. The molecule has 7 heteroatoms. The molecule has 0 fully saturated rings. The maximum absolute atomic E-state index is 12.6. The molecule has 0 aromatic heterocycles. The van der Waals surface area contributed by atoms with Crippen LogP contribution in [0.4, 0.5) is 5.69 Å². The van der Waals surface area contributed by atoms with Crippen LogP contribution in [0, 0.1) is 0 Å². The second kappa shape index (κ2) is 8.00. The Morgan fingerprint density at radius 3 is 2.59 bits per heavy atom. The van der Waals surface area contributed by atoms with Gasteiger partial charge >= 0.3 is 0 Å². The number of hydrogen-bond donors (Lipinski definition) is 1. The van der Waals surface area contributed by atoms with Crippen LogP contribution in [-0.4, -0.2) is 26.9 Å². The minimum Gasteiger partial charge on any atom is -0.309 e. The number of rotatable bonds is 6. The zero-order chi connectivity index (χ0) is 19.6. The molecule has 0 bridgehead atoms. The average Bonchev–Trinajstić information content (AvgIpc) is 2.97. The van der Waals surface area contributed by atoms with E-state index in [9.17, 15) is 13.2 Å². The van der Waals surface area contributed by atoms with Gasteiger partial charge in [-0.15, -0.1) is 0 Å². The van der Waals surface area contributed by atoms with Crippen molar-refractivity contribution < 1.29 is 13.2 Å². The number of nitrogens with zero attached hydrogens (tertiary/aromatic N) is 1. The predicted molar refractivity (Wildman–Crippen MR) is 108 cm³/mol. The number of halogens is 1. The maximum Gasteiger partial charge on any atom is 0.240 e. The lowest BCUT2D eigenvalue weighted by Gasteiger charge is -2.22. The van der Waals surface area contributed by atoms with Crippen LogP contribution in [0.5, 0.6) is 0 Å². The number of carbonyl (C=O) groups is 1. The van der Waals surface area contributed by atoms with Crippen LogP contribution in [-0.2, 0) is 27.7 Å². The summed E-state index contributed by atoms with van der Waals surface area (Å²) in [5, 5.41) is 0.655. The minimum atomic E-state index is -3.60. The summed E-state index contributed by atoms with van der Waals surface area (Å²) < 4.78 is 27.9. The lowest BCUT2D eigenvalue weighted by atomic mass is 10.1. The number of amides is 1. The van der Waals surface area contributed by atoms with Crippen molar-refractivity contribution >= 4 is 33.2 Å². The molecule has 0 saturated carbocycles. The van der Waals surface area contributed by atoms with Crippen LogP contribution in [0.25, 0.3) is 0 Å². The first-order chi connectivity index (χ1) is 12.8. The summed E-state index contributed by atoms with van der Waals surface area (Å²) >= 11 is 5.86. The fourth-order valence-corrected chi connectivity index (χ4v) is 4.60. The van der Waals surface area contributed by atoms with E-state index in [0.29, 0.717) is 30.8 Å². The fraction of sp³-hybridized carbons (Fsp3) is 0.350. The summed E-state index contributed by atoms with van der Waals surface area (Å²) in [5.74, 6) is 0.0537. The number of nitrogens with one attached hydrogen (secondary N) is 1. The zero-order valence-corrected chi connectivity index (χ0v) is 17.0. The number of hydrogen-bond acceptors (Lipinski definition) is 3. The molecule has 1 N–H and O–H groups in total. The number of benzene rings is 2. The van der Waals surface area contributed by atoms with Crippen molar-refractivity contribution in [3.63, 3.8) is 0 Å². The van der Waals surface area contributed by atoms with Crippen LogP contribution in [0.3, 0.4) is 0 Å². The van der Waals surface area contributed by atoms with Crippen molar-refractivity contribution in [2.75, 3.05) is 11.4 Å². The van der Waals surface area contributed by atoms with Gasteiger partial charge in [-0.25, -0.2) is 13.1 Å². The van der Waals surface area contributed by atoms with Gasteiger partial charge in [0.2, 0.25) is 15.9 Å². The van der Waals surface area contributed by atoms with Crippen molar-refractivity contribution in [2.24, 2.45) is 0 Å². The van der Waals surface area contributed by atoms with Gasteiger partial charge in [0.15, 0.2) is 0 Å². The van der Waals surface area contributed by atoms with E-state index >= 15 is 0 Å². The third kappa shape index (κ3) is 4.34. The number of sulfonamides is 1. The highest BCUT2D eigenvalue weighted by atomic mass is 35.5. The number of carbonyl (C=O) groups excluding carboxylic acids is 1. The molecule has 0 radical (unpaired) electrons. The summed E-state index contributed by atoms with van der Waals surface area (Å²) in [4.78, 5) is 14.1. The van der Waals surface area contributed by atoms with E-state index in [4.69, 9.17) is 11.6 Å². The Morgan fingerprint density at radius 1 is 1.22 bits per heavy atom. The zero-order valence-electron chi connectivity index (χ0n) is 15.4. The summed E-state index contributed by atoms with van der Waals surface area (Å²) in [5.41, 5.74) is 2.72. The van der Waals surface area contributed by atoms with Gasteiger partial charge < -0.3 is 4.90 Å². The maximum atomic E-state index is 12.6. The highest BCUT2D eigenvalue weighted by Crippen LogP contribution is 2.34. The fourth-order valence-electron chi connectivity index (χ4n) is 3.39. The first kappa shape index (κ1) is 19.9. The molecule has 1 unspecified atom stereocenters. The molecule has 0 saturated heterocycles. The smallest absolute Gasteiger partial charge is 0.240 e. The normalized spacial score (nSPS) is 16.4. The van der Waals surface area contributed by atoms with Crippen LogP contribution in [0.1, 0.15) is 31.4 Å². The second-order valence-corrected chi connectivity index (χ2v) is 8.94. The molecule has 1 aliphatic heterocycles. The SMILES string of the molecule is CCC(=O)N1c2ccc(S(=O)(=O)NCCc3ccc(Cl)cc3)cc2CC1C. The average molecular weight is 407 g/mol. The third-order valence-corrected chi connectivity index (χ3v) is 6.48. The van der Waals surface area contributed by atoms with Gasteiger partial charge in [-0.05, 0) is 61.2 Å². The molecule has 144 valence electrons. The van der Waals surface area contributed by atoms with Crippen molar-refractivity contribution in [1.29, 1.82) is 0 Å². The van der Waals surface area contributed by atoms with Gasteiger partial charge in [-0.3, -0.25) is 4.79 Å². The first-order valence-corrected chi connectivity index (χ1v) is 10.9. The van der Waals surface area contributed by atoms with Crippen molar-refractivity contribution in [3.8, 4) is 0 Å². The van der Waals surface area contributed by atoms with Crippen molar-refractivity contribution in [1.82, 2.24) is 4.72 Å². The van der Waals surface area contributed by atoms with Gasteiger partial charge in [0.25, 0.3) is 0 Å². The molecule has 1 heterocycles. The van der Waals surface area contributed by atoms with Gasteiger partial charge in [0, 0.05) is 29.7 Å². The van der Waals surface area contributed by atoms with Crippen LogP contribution >= 0.6 is 11.6 Å². The molecule has 5 nitrogen and oxygen atoms in total. The molecule has 27 heavy (non-hydrogen) atoms. The lowest BCUT2D eigenvalue weighted by Crippen LogP contribution is -2.35. The first-order valence-electron chi connectivity index (χ1n) is 9.01. The third-order valence-electron chi connectivity index (χ3n) is 4.77. The Kier molecular flexibility index (Phi) is 5.89. The molecule has 0 aliphatic carbocycles. The van der Waals surface area contributed by atoms with Gasteiger partial charge in [-0.2, -0.15) is 0 Å². The van der Waals surface area contributed by atoms with Gasteiger partial charge in [0.1, 0.15) is 0 Å². The molecular weight excluding hydrogens is 384 g/mol. The molecule has 1 aliphatic rings. The monoisotopic (exact) mass is 406 g/mol. The highest BCUT2D eigenvalue weighted by molar-refractivity contribution is 7.89. The standard InChI is InChI=1S/C20H23ClN2O3S/c1-3-20(24)23-14(2)12-16-13-18(8-9-19(16)23)27(25,26)22-11-10-15-4-6-17(21)7-5-15/h4-9,13-14,22H,3,10-12H2,1-2H3. The van der Waals surface area contributed by atoms with Crippen LogP contribution in [0.15, 0.2) is 47.4 Å². The Balaban J connectivity index is 1.71. The molecular formula is C20H23ClN2O3S. The summed E-state index contributed by atoms with van der Waals surface area (Å²) in [7, 11) is -3.60. The van der Waals surface area contributed by atoms with E-state index in [2.05, 4.69) is 4.72 Å². The summed E-state index contributed by atoms with van der Waals surface area (Å²) in [6, 6.07) is 12.4. The van der Waals surface area contributed by atoms with E-state index < -0.39 is 10.0 Å². The Bertz CT molecular complexity index is 942. The van der Waals surface area contributed by atoms with E-state index in [1.165, 1.54) is 0 Å². The van der Waals surface area contributed by atoms with Crippen LogP contribution in [0.2, 0.25) is 5.02 Å². The number of anilines is 1. The topological polar surface area (TPSA) is 66.5 Å². The van der Waals surface area contributed by atoms with E-state index in [1.54, 1.807) is 35.2 Å². The van der Waals surface area contributed by atoms with Gasteiger partial charge in [0.05, 0.1) is 4.90 Å².